The fraction of sp³-hybridized carbons (Fsp3) is 0.444. The molecule has 24 heavy (non-hydrogen) atoms. The molecule has 2 aromatic rings. The molecule has 1 aliphatic carbocycles. The van der Waals surface area contributed by atoms with Gasteiger partial charge in [-0.05, 0) is 43.0 Å². The molecule has 126 valence electrons. The average Bonchev–Trinajstić information content (AvgIpc) is 3.29. The Balaban J connectivity index is 1.59. The van der Waals surface area contributed by atoms with Gasteiger partial charge in [-0.3, -0.25) is 9.69 Å². The number of amides is 1. The van der Waals surface area contributed by atoms with Gasteiger partial charge in [0.15, 0.2) is 0 Å². The van der Waals surface area contributed by atoms with Crippen molar-refractivity contribution in [2.45, 2.75) is 38.3 Å². The zero-order chi connectivity index (χ0) is 16.7. The quantitative estimate of drug-likeness (QED) is 0.937. The van der Waals surface area contributed by atoms with E-state index < -0.39 is 6.04 Å². The first-order valence-corrected chi connectivity index (χ1v) is 8.34. The molecule has 2 aliphatic rings. The van der Waals surface area contributed by atoms with E-state index in [2.05, 4.69) is 10.3 Å². The van der Waals surface area contributed by atoms with Gasteiger partial charge >= 0.3 is 0 Å². The first kappa shape index (κ1) is 15.3. The zero-order valence-corrected chi connectivity index (χ0v) is 13.6. The fourth-order valence-electron chi connectivity index (χ4n) is 3.30. The second-order valence-corrected chi connectivity index (χ2v) is 6.60. The Morgan fingerprint density at radius 3 is 3.00 bits per heavy atom. The highest BCUT2D eigenvalue weighted by atomic mass is 19.1. The van der Waals surface area contributed by atoms with Gasteiger partial charge in [0.1, 0.15) is 17.6 Å². The van der Waals surface area contributed by atoms with Crippen LogP contribution >= 0.6 is 0 Å². The summed E-state index contributed by atoms with van der Waals surface area (Å²) in [4.78, 5) is 18.9. The van der Waals surface area contributed by atoms with Gasteiger partial charge in [-0.15, -0.1) is 0 Å². The molecule has 1 saturated heterocycles. The van der Waals surface area contributed by atoms with Gasteiger partial charge in [0.05, 0.1) is 12.7 Å². The Morgan fingerprint density at radius 2 is 2.25 bits per heavy atom. The maximum absolute atomic E-state index is 13.4. The number of halogens is 1. The van der Waals surface area contributed by atoms with Gasteiger partial charge in [-0.1, -0.05) is 6.07 Å². The lowest BCUT2D eigenvalue weighted by Gasteiger charge is -2.35. The van der Waals surface area contributed by atoms with Crippen LogP contribution in [0, 0.1) is 12.7 Å². The third kappa shape index (κ3) is 2.94. The summed E-state index contributed by atoms with van der Waals surface area (Å²) < 4.78 is 19.2. The first-order chi connectivity index (χ1) is 11.6. The van der Waals surface area contributed by atoms with Crippen LogP contribution in [0.15, 0.2) is 28.8 Å². The highest BCUT2D eigenvalue weighted by Gasteiger charge is 2.34. The molecule has 1 atom stereocenters. The van der Waals surface area contributed by atoms with E-state index in [-0.39, 0.29) is 11.7 Å². The van der Waals surface area contributed by atoms with Crippen LogP contribution in [0.1, 0.15) is 47.6 Å². The highest BCUT2D eigenvalue weighted by Crippen LogP contribution is 2.40. The topological polar surface area (TPSA) is 58.4 Å². The molecular weight excluding hydrogens is 309 g/mol. The smallest absolute Gasteiger partial charge is 0.242 e. The van der Waals surface area contributed by atoms with Crippen molar-refractivity contribution in [2.75, 3.05) is 13.1 Å². The number of benzene rings is 1. The van der Waals surface area contributed by atoms with Crippen LogP contribution in [0.2, 0.25) is 0 Å². The van der Waals surface area contributed by atoms with E-state index in [1.54, 1.807) is 12.3 Å². The molecule has 4 rings (SSSR count). The van der Waals surface area contributed by atoms with E-state index in [1.165, 1.54) is 12.1 Å². The number of rotatable bonds is 4. The molecule has 1 aliphatic heterocycles. The number of carbonyl (C=O) groups is 1. The fourth-order valence-corrected chi connectivity index (χ4v) is 3.30. The largest absolute Gasteiger partial charge is 0.444 e. The van der Waals surface area contributed by atoms with Crippen molar-refractivity contribution >= 4 is 5.91 Å². The van der Waals surface area contributed by atoms with E-state index in [4.69, 9.17) is 4.42 Å². The van der Waals surface area contributed by atoms with Crippen molar-refractivity contribution in [1.82, 2.24) is 15.2 Å². The molecule has 1 aromatic carbocycles. The van der Waals surface area contributed by atoms with Crippen LogP contribution in [0.25, 0.3) is 0 Å². The number of nitrogens with zero attached hydrogens (tertiary/aromatic N) is 2. The maximum Gasteiger partial charge on any atom is 0.242 e. The van der Waals surface area contributed by atoms with Gasteiger partial charge in [0.25, 0.3) is 0 Å². The summed E-state index contributed by atoms with van der Waals surface area (Å²) in [5.41, 5.74) is 1.59. The molecule has 1 amide bonds. The maximum atomic E-state index is 13.4. The molecule has 2 heterocycles. The van der Waals surface area contributed by atoms with Crippen molar-refractivity contribution in [3.8, 4) is 0 Å². The second kappa shape index (κ2) is 6.02. The van der Waals surface area contributed by atoms with Crippen molar-refractivity contribution in [1.29, 1.82) is 0 Å². The summed E-state index contributed by atoms with van der Waals surface area (Å²) in [6.45, 7) is 3.59. The number of hydrogen-bond acceptors (Lipinski definition) is 4. The molecule has 1 saturated carbocycles. The molecule has 1 aromatic heterocycles. The lowest BCUT2D eigenvalue weighted by Crippen LogP contribution is -2.49. The molecule has 1 unspecified atom stereocenters. The molecule has 2 fully saturated rings. The van der Waals surface area contributed by atoms with Gasteiger partial charge in [-0.2, -0.15) is 0 Å². The number of hydrogen-bond donors (Lipinski definition) is 1. The summed E-state index contributed by atoms with van der Waals surface area (Å²) in [7, 11) is 0. The molecule has 0 radical (unpaired) electrons. The molecule has 0 bridgehead atoms. The van der Waals surface area contributed by atoms with E-state index in [1.807, 2.05) is 11.8 Å². The van der Waals surface area contributed by atoms with Gasteiger partial charge < -0.3 is 9.73 Å². The minimum Gasteiger partial charge on any atom is -0.444 e. The number of piperazine rings is 1. The number of nitrogens with one attached hydrogen (secondary N) is 1. The predicted octanol–water partition coefficient (Wildman–Crippen LogP) is 2.67. The summed E-state index contributed by atoms with van der Waals surface area (Å²) in [5.74, 6) is 1.74. The Kier molecular flexibility index (Phi) is 3.84. The third-order valence-corrected chi connectivity index (χ3v) is 4.73. The van der Waals surface area contributed by atoms with Crippen molar-refractivity contribution in [3.63, 3.8) is 0 Å². The SMILES string of the molecule is Cc1cc(F)ccc1C1C(=O)NCCN1Cc1ncc(C2CC2)o1. The van der Waals surface area contributed by atoms with Gasteiger partial charge in [-0.25, -0.2) is 9.37 Å². The lowest BCUT2D eigenvalue weighted by atomic mass is 9.97. The lowest BCUT2D eigenvalue weighted by molar-refractivity contribution is -0.129. The number of oxazole rings is 1. The zero-order valence-electron chi connectivity index (χ0n) is 13.6. The van der Waals surface area contributed by atoms with E-state index in [0.29, 0.717) is 31.4 Å². The predicted molar refractivity (Wildman–Crippen MR) is 85.8 cm³/mol. The normalized spacial score (nSPS) is 21.8. The average molecular weight is 329 g/mol. The van der Waals surface area contributed by atoms with E-state index >= 15 is 0 Å². The number of carbonyl (C=O) groups excluding carboxylic acids is 1. The summed E-state index contributed by atoms with van der Waals surface area (Å²) in [6, 6.07) is 4.11. The van der Waals surface area contributed by atoms with Crippen molar-refractivity contribution in [3.05, 3.63) is 53.0 Å². The summed E-state index contributed by atoms with van der Waals surface area (Å²) >= 11 is 0. The Morgan fingerprint density at radius 1 is 1.42 bits per heavy atom. The Labute approximate surface area is 139 Å². The summed E-state index contributed by atoms with van der Waals surface area (Å²) in [6.07, 6.45) is 4.13. The van der Waals surface area contributed by atoms with Crippen molar-refractivity contribution < 1.29 is 13.6 Å². The molecule has 1 N–H and O–H groups in total. The highest BCUT2D eigenvalue weighted by molar-refractivity contribution is 5.84. The standard InChI is InChI=1S/C18H20FN3O2/c1-11-8-13(19)4-5-14(11)17-18(23)20-6-7-22(17)10-16-21-9-15(24-16)12-2-3-12/h4-5,8-9,12,17H,2-3,6-7,10H2,1H3,(H,20,23). The Bertz CT molecular complexity index is 769. The molecular formula is C18H20FN3O2. The third-order valence-electron chi connectivity index (χ3n) is 4.73. The minimum atomic E-state index is -0.448. The monoisotopic (exact) mass is 329 g/mol. The van der Waals surface area contributed by atoms with Crippen LogP contribution in [0.5, 0.6) is 0 Å². The first-order valence-electron chi connectivity index (χ1n) is 8.34. The molecule has 6 heteroatoms. The van der Waals surface area contributed by atoms with E-state index in [9.17, 15) is 9.18 Å². The molecule has 5 nitrogen and oxygen atoms in total. The van der Waals surface area contributed by atoms with Gasteiger partial charge in [0, 0.05) is 19.0 Å². The van der Waals surface area contributed by atoms with E-state index in [0.717, 1.165) is 29.7 Å². The Hall–Kier alpha value is -2.21. The van der Waals surface area contributed by atoms with Crippen LogP contribution in [-0.4, -0.2) is 28.9 Å². The number of aromatic nitrogens is 1. The van der Waals surface area contributed by atoms with Gasteiger partial charge in [0.2, 0.25) is 11.8 Å². The van der Waals surface area contributed by atoms with Crippen LogP contribution < -0.4 is 5.32 Å². The van der Waals surface area contributed by atoms with Crippen LogP contribution in [0.3, 0.4) is 0 Å². The summed E-state index contributed by atoms with van der Waals surface area (Å²) in [5, 5.41) is 2.90. The van der Waals surface area contributed by atoms with Crippen molar-refractivity contribution in [2.24, 2.45) is 0 Å². The second-order valence-electron chi connectivity index (χ2n) is 6.60. The van der Waals surface area contributed by atoms with Crippen LogP contribution in [-0.2, 0) is 11.3 Å². The minimum absolute atomic E-state index is 0.0649. The number of aryl methyl sites for hydroxylation is 1. The molecule has 0 spiro atoms. The van der Waals surface area contributed by atoms with Crippen LogP contribution in [0.4, 0.5) is 4.39 Å².